The van der Waals surface area contributed by atoms with E-state index < -0.39 is 17.7 Å². The van der Waals surface area contributed by atoms with Gasteiger partial charge in [-0.25, -0.2) is 0 Å². The van der Waals surface area contributed by atoms with Gasteiger partial charge >= 0.3 is 0 Å². The largest absolute Gasteiger partial charge is 0.507 e. The first-order valence-electron chi connectivity index (χ1n) is 10.9. The molecule has 0 aliphatic carbocycles. The number of carbonyl (C=O) groups is 2. The van der Waals surface area contributed by atoms with Crippen LogP contribution >= 0.6 is 0 Å². The molecule has 2 aromatic heterocycles. The summed E-state index contributed by atoms with van der Waals surface area (Å²) in [5, 5.41) is 11.4. The fraction of sp³-hybridized carbons (Fsp3) is 0.259. The molecule has 0 saturated carbocycles. The van der Waals surface area contributed by atoms with Crippen molar-refractivity contribution in [3.05, 3.63) is 101 Å². The average Bonchev–Trinajstić information content (AvgIpc) is 3.04. The Bertz CT molecular complexity index is 1230. The van der Waals surface area contributed by atoms with Gasteiger partial charge < -0.3 is 10.0 Å². The van der Waals surface area contributed by atoms with Gasteiger partial charge in [0, 0.05) is 36.9 Å². The summed E-state index contributed by atoms with van der Waals surface area (Å²) >= 11 is 0. The van der Waals surface area contributed by atoms with E-state index >= 15 is 0 Å². The lowest BCUT2D eigenvalue weighted by atomic mass is 9.84. The Morgan fingerprint density at radius 1 is 1.03 bits per heavy atom. The lowest BCUT2D eigenvalue weighted by molar-refractivity contribution is -0.140. The van der Waals surface area contributed by atoms with E-state index in [2.05, 4.69) is 30.7 Å². The van der Waals surface area contributed by atoms with Crippen LogP contribution in [0.1, 0.15) is 54.6 Å². The van der Waals surface area contributed by atoms with Crippen molar-refractivity contribution in [2.24, 2.45) is 0 Å². The molecular weight excluding hydrogens is 414 g/mol. The van der Waals surface area contributed by atoms with Crippen molar-refractivity contribution in [2.75, 3.05) is 0 Å². The number of benzene rings is 1. The monoisotopic (exact) mass is 441 g/mol. The zero-order valence-electron chi connectivity index (χ0n) is 19.2. The first-order valence-corrected chi connectivity index (χ1v) is 10.9. The summed E-state index contributed by atoms with van der Waals surface area (Å²) in [6, 6.07) is 12.3. The Kier molecular flexibility index (Phi) is 5.85. The number of aliphatic hydroxyl groups excluding tert-OH is 1. The summed E-state index contributed by atoms with van der Waals surface area (Å²) in [5.74, 6) is -1.51. The summed E-state index contributed by atoms with van der Waals surface area (Å²) < 4.78 is 0. The van der Waals surface area contributed by atoms with Crippen molar-refractivity contribution in [1.29, 1.82) is 0 Å². The zero-order valence-corrected chi connectivity index (χ0v) is 19.2. The maximum absolute atomic E-state index is 13.3. The van der Waals surface area contributed by atoms with Gasteiger partial charge in [0.2, 0.25) is 0 Å². The molecule has 1 atom stereocenters. The third kappa shape index (κ3) is 4.29. The number of aliphatic hydroxyl groups is 1. The van der Waals surface area contributed by atoms with Crippen LogP contribution < -0.4 is 0 Å². The van der Waals surface area contributed by atoms with E-state index in [1.807, 2.05) is 31.2 Å². The van der Waals surface area contributed by atoms with Crippen LogP contribution in [-0.4, -0.2) is 31.7 Å². The second kappa shape index (κ2) is 8.62. The van der Waals surface area contributed by atoms with Crippen LogP contribution in [0.2, 0.25) is 0 Å². The number of rotatable bonds is 4. The fourth-order valence-electron chi connectivity index (χ4n) is 4.10. The molecule has 6 heteroatoms. The maximum atomic E-state index is 13.3. The number of hydrogen-bond donors (Lipinski definition) is 1. The molecule has 33 heavy (non-hydrogen) atoms. The van der Waals surface area contributed by atoms with Gasteiger partial charge in [-0.3, -0.25) is 19.6 Å². The molecule has 0 bridgehead atoms. The van der Waals surface area contributed by atoms with Gasteiger partial charge in [0.15, 0.2) is 0 Å². The molecule has 1 amide bonds. The molecule has 1 aliphatic heterocycles. The van der Waals surface area contributed by atoms with Crippen molar-refractivity contribution in [2.45, 2.75) is 45.7 Å². The van der Waals surface area contributed by atoms with Gasteiger partial charge in [-0.1, -0.05) is 39.0 Å². The predicted molar refractivity (Wildman–Crippen MR) is 126 cm³/mol. The lowest BCUT2D eigenvalue weighted by Gasteiger charge is -2.25. The highest BCUT2D eigenvalue weighted by atomic mass is 16.3. The van der Waals surface area contributed by atoms with Crippen LogP contribution in [-0.2, 0) is 21.5 Å². The SMILES string of the molecule is Cc1ccc(C(C)(C)C)cc1/C(O)=C1\C(=O)C(=O)N(Cc2ccncc2)C1c1cccnc1. The van der Waals surface area contributed by atoms with E-state index in [1.54, 1.807) is 43.0 Å². The molecule has 3 heterocycles. The summed E-state index contributed by atoms with van der Waals surface area (Å²) in [6.07, 6.45) is 6.55. The molecule has 0 spiro atoms. The summed E-state index contributed by atoms with van der Waals surface area (Å²) in [6.45, 7) is 8.36. The van der Waals surface area contributed by atoms with Crippen LogP contribution in [0.15, 0.2) is 72.8 Å². The van der Waals surface area contributed by atoms with Gasteiger partial charge in [0.05, 0.1) is 11.6 Å². The van der Waals surface area contributed by atoms with Crippen LogP contribution in [0.3, 0.4) is 0 Å². The van der Waals surface area contributed by atoms with Gasteiger partial charge in [0.25, 0.3) is 11.7 Å². The van der Waals surface area contributed by atoms with Crippen molar-refractivity contribution in [3.8, 4) is 0 Å². The van der Waals surface area contributed by atoms with E-state index in [4.69, 9.17) is 0 Å². The van der Waals surface area contributed by atoms with Gasteiger partial charge in [-0.05, 0) is 58.9 Å². The molecule has 0 radical (unpaired) electrons. The Labute approximate surface area is 193 Å². The normalized spacial score (nSPS) is 18.1. The first kappa shape index (κ1) is 22.4. The second-order valence-corrected chi connectivity index (χ2v) is 9.35. The van der Waals surface area contributed by atoms with E-state index in [-0.39, 0.29) is 23.3 Å². The Balaban J connectivity index is 1.90. The number of Topliss-reactive ketones (excluding diaryl/α,β-unsaturated/α-hetero) is 1. The number of hydrogen-bond acceptors (Lipinski definition) is 5. The van der Waals surface area contributed by atoms with E-state index in [0.717, 1.165) is 16.7 Å². The van der Waals surface area contributed by atoms with E-state index in [0.29, 0.717) is 11.1 Å². The molecule has 1 aliphatic rings. The summed E-state index contributed by atoms with van der Waals surface area (Å²) in [4.78, 5) is 36.1. The summed E-state index contributed by atoms with van der Waals surface area (Å²) in [7, 11) is 0. The smallest absolute Gasteiger partial charge is 0.295 e. The standard InChI is InChI=1S/C27H27N3O3/c1-17-7-8-20(27(2,3)4)14-21(17)24(31)22-23(19-6-5-11-29-15-19)30(26(33)25(22)32)16-18-9-12-28-13-10-18/h5-15,23,31H,16H2,1-4H3/b24-22+. The maximum Gasteiger partial charge on any atom is 0.295 e. The van der Waals surface area contributed by atoms with E-state index in [9.17, 15) is 14.7 Å². The molecule has 3 aromatic rings. The van der Waals surface area contributed by atoms with Crippen LogP contribution in [0.25, 0.3) is 5.76 Å². The number of aromatic nitrogens is 2. The molecule has 1 N–H and O–H groups in total. The number of pyridine rings is 2. The second-order valence-electron chi connectivity index (χ2n) is 9.35. The average molecular weight is 442 g/mol. The topological polar surface area (TPSA) is 83.4 Å². The van der Waals surface area contributed by atoms with Crippen molar-refractivity contribution < 1.29 is 14.7 Å². The Hall–Kier alpha value is -3.80. The quantitative estimate of drug-likeness (QED) is 0.360. The Morgan fingerprint density at radius 2 is 1.76 bits per heavy atom. The summed E-state index contributed by atoms with van der Waals surface area (Å²) in [5.41, 5.74) is 3.85. The highest BCUT2D eigenvalue weighted by molar-refractivity contribution is 6.46. The third-order valence-corrected chi connectivity index (χ3v) is 6.00. The zero-order chi connectivity index (χ0) is 23.8. The first-order chi connectivity index (χ1) is 15.7. The highest BCUT2D eigenvalue weighted by Crippen LogP contribution is 2.41. The minimum absolute atomic E-state index is 0.0798. The lowest BCUT2D eigenvalue weighted by Crippen LogP contribution is -2.29. The van der Waals surface area contributed by atoms with Gasteiger partial charge in [0.1, 0.15) is 5.76 Å². The molecule has 168 valence electrons. The van der Waals surface area contributed by atoms with E-state index in [1.165, 1.54) is 4.90 Å². The van der Waals surface area contributed by atoms with Crippen molar-refractivity contribution in [3.63, 3.8) is 0 Å². The minimum atomic E-state index is -0.746. The number of likely N-dealkylation sites (tertiary alicyclic amines) is 1. The molecule has 1 fully saturated rings. The van der Waals surface area contributed by atoms with Gasteiger partial charge in [-0.15, -0.1) is 0 Å². The number of nitrogens with zero attached hydrogens (tertiary/aromatic N) is 3. The number of aryl methyl sites for hydroxylation is 1. The molecule has 1 unspecified atom stereocenters. The molecule has 1 aromatic carbocycles. The molecule has 6 nitrogen and oxygen atoms in total. The highest BCUT2D eigenvalue weighted by Gasteiger charge is 2.46. The Morgan fingerprint density at radius 3 is 2.39 bits per heavy atom. The molecule has 1 saturated heterocycles. The van der Waals surface area contributed by atoms with Crippen molar-refractivity contribution >= 4 is 17.4 Å². The number of carbonyl (C=O) groups excluding carboxylic acids is 2. The van der Waals surface area contributed by atoms with Crippen LogP contribution in [0.5, 0.6) is 0 Å². The molecular formula is C27H27N3O3. The number of ketones is 1. The van der Waals surface area contributed by atoms with Crippen LogP contribution in [0.4, 0.5) is 0 Å². The minimum Gasteiger partial charge on any atom is -0.507 e. The third-order valence-electron chi connectivity index (χ3n) is 6.00. The van der Waals surface area contributed by atoms with Crippen LogP contribution in [0, 0.1) is 6.92 Å². The van der Waals surface area contributed by atoms with Gasteiger partial charge in [-0.2, -0.15) is 0 Å². The fourth-order valence-corrected chi connectivity index (χ4v) is 4.10. The number of amides is 1. The predicted octanol–water partition coefficient (Wildman–Crippen LogP) is 4.70. The molecule has 4 rings (SSSR count). The van der Waals surface area contributed by atoms with Crippen molar-refractivity contribution in [1.82, 2.24) is 14.9 Å².